The maximum atomic E-state index is 12.3. The van der Waals surface area contributed by atoms with Gasteiger partial charge in [-0.3, -0.25) is 4.68 Å². The van der Waals surface area contributed by atoms with Crippen LogP contribution in [0.4, 0.5) is 0 Å². The summed E-state index contributed by atoms with van der Waals surface area (Å²) in [5.41, 5.74) is 6.68. The second kappa shape index (κ2) is 9.69. The standard InChI is InChI=1S/C27H27N3O3/c1-18-10-12-22(13-11-18)16-30-20(3)24(19(2)29-30)14-15-26(31)32-17-25-21(4)33-27(28-25)23-8-6-5-7-9-23/h5-15H,16-17H2,1-4H3/b15-14+. The van der Waals surface area contributed by atoms with Gasteiger partial charge in [0.1, 0.15) is 18.1 Å². The molecule has 4 aromatic rings. The van der Waals surface area contributed by atoms with Crippen molar-refractivity contribution < 1.29 is 13.9 Å². The first-order chi connectivity index (χ1) is 15.9. The van der Waals surface area contributed by atoms with Gasteiger partial charge in [-0.1, -0.05) is 48.0 Å². The summed E-state index contributed by atoms with van der Waals surface area (Å²) in [6.45, 7) is 8.56. The van der Waals surface area contributed by atoms with Gasteiger partial charge in [-0.2, -0.15) is 5.10 Å². The predicted octanol–water partition coefficient (Wildman–Crippen LogP) is 5.58. The smallest absolute Gasteiger partial charge is 0.331 e. The van der Waals surface area contributed by atoms with Crippen LogP contribution in [0.25, 0.3) is 17.5 Å². The lowest BCUT2D eigenvalue weighted by molar-refractivity contribution is -0.139. The number of rotatable bonds is 7. The Bertz CT molecular complexity index is 1280. The molecule has 2 heterocycles. The number of aryl methyl sites for hydroxylation is 3. The van der Waals surface area contributed by atoms with E-state index in [0.29, 0.717) is 23.9 Å². The van der Waals surface area contributed by atoms with Crippen LogP contribution in [0.1, 0.15) is 39.5 Å². The largest absolute Gasteiger partial charge is 0.456 e. The fraction of sp³-hybridized carbons (Fsp3) is 0.222. The Kier molecular flexibility index (Phi) is 6.54. The first-order valence-corrected chi connectivity index (χ1v) is 10.9. The van der Waals surface area contributed by atoms with Crippen molar-refractivity contribution in [3.8, 4) is 11.5 Å². The molecule has 0 N–H and O–H groups in total. The molecular weight excluding hydrogens is 414 g/mol. The highest BCUT2D eigenvalue weighted by molar-refractivity contribution is 5.87. The fourth-order valence-corrected chi connectivity index (χ4v) is 3.58. The number of oxazole rings is 1. The second-order valence-corrected chi connectivity index (χ2v) is 8.06. The molecule has 0 saturated carbocycles. The van der Waals surface area contributed by atoms with Crippen LogP contribution < -0.4 is 0 Å². The lowest BCUT2D eigenvalue weighted by Gasteiger charge is -2.05. The van der Waals surface area contributed by atoms with Crippen LogP contribution in [0.2, 0.25) is 0 Å². The van der Waals surface area contributed by atoms with Crippen LogP contribution >= 0.6 is 0 Å². The molecule has 168 valence electrons. The maximum Gasteiger partial charge on any atom is 0.331 e. The van der Waals surface area contributed by atoms with Gasteiger partial charge >= 0.3 is 5.97 Å². The van der Waals surface area contributed by atoms with Crippen LogP contribution in [0.3, 0.4) is 0 Å². The van der Waals surface area contributed by atoms with Crippen LogP contribution in [-0.2, 0) is 22.7 Å². The molecular formula is C27H27N3O3. The molecule has 6 nitrogen and oxygen atoms in total. The zero-order valence-electron chi connectivity index (χ0n) is 19.3. The molecule has 0 bridgehead atoms. The van der Waals surface area contributed by atoms with Crippen LogP contribution in [-0.4, -0.2) is 20.7 Å². The average molecular weight is 442 g/mol. The average Bonchev–Trinajstić information content (AvgIpc) is 3.31. The zero-order chi connectivity index (χ0) is 23.4. The summed E-state index contributed by atoms with van der Waals surface area (Å²) < 4.78 is 13.1. The number of hydrogen-bond acceptors (Lipinski definition) is 5. The Labute approximate surface area is 193 Å². The molecule has 2 aromatic carbocycles. The molecule has 0 spiro atoms. The van der Waals surface area contributed by atoms with Crippen molar-refractivity contribution in [3.05, 3.63) is 100 Å². The topological polar surface area (TPSA) is 70.2 Å². The molecule has 0 aliphatic heterocycles. The van der Waals surface area contributed by atoms with Gasteiger partial charge in [0.2, 0.25) is 5.89 Å². The third-order valence-corrected chi connectivity index (χ3v) is 5.54. The molecule has 0 aliphatic rings. The molecule has 33 heavy (non-hydrogen) atoms. The molecule has 0 fully saturated rings. The highest BCUT2D eigenvalue weighted by atomic mass is 16.5. The van der Waals surface area contributed by atoms with Crippen molar-refractivity contribution in [2.75, 3.05) is 0 Å². The van der Waals surface area contributed by atoms with E-state index in [1.807, 2.05) is 55.8 Å². The van der Waals surface area contributed by atoms with Gasteiger partial charge in [0.15, 0.2) is 0 Å². The maximum absolute atomic E-state index is 12.3. The highest BCUT2D eigenvalue weighted by Gasteiger charge is 2.13. The molecule has 2 aromatic heterocycles. The first kappa shape index (κ1) is 22.3. The normalized spacial score (nSPS) is 11.3. The third kappa shape index (κ3) is 5.29. The van der Waals surface area contributed by atoms with E-state index in [-0.39, 0.29) is 6.61 Å². The van der Waals surface area contributed by atoms with Gasteiger partial charge < -0.3 is 9.15 Å². The number of esters is 1. The van der Waals surface area contributed by atoms with E-state index < -0.39 is 5.97 Å². The molecule has 0 unspecified atom stereocenters. The van der Waals surface area contributed by atoms with E-state index >= 15 is 0 Å². The molecule has 4 rings (SSSR count). The van der Waals surface area contributed by atoms with Gasteiger partial charge in [-0.25, -0.2) is 9.78 Å². The van der Waals surface area contributed by atoms with Crippen molar-refractivity contribution in [3.63, 3.8) is 0 Å². The van der Waals surface area contributed by atoms with Gasteiger partial charge in [0, 0.05) is 22.9 Å². The number of ether oxygens (including phenoxy) is 1. The van der Waals surface area contributed by atoms with Gasteiger partial charge in [-0.15, -0.1) is 0 Å². The Morgan fingerprint density at radius 2 is 1.76 bits per heavy atom. The summed E-state index contributed by atoms with van der Waals surface area (Å²) in [5, 5.41) is 4.63. The van der Waals surface area contributed by atoms with Crippen molar-refractivity contribution in [2.45, 2.75) is 40.8 Å². The van der Waals surface area contributed by atoms with E-state index in [1.165, 1.54) is 17.2 Å². The van der Waals surface area contributed by atoms with E-state index in [4.69, 9.17) is 9.15 Å². The first-order valence-electron chi connectivity index (χ1n) is 10.9. The third-order valence-electron chi connectivity index (χ3n) is 5.54. The lowest BCUT2D eigenvalue weighted by Crippen LogP contribution is -2.04. The summed E-state index contributed by atoms with van der Waals surface area (Å²) in [6.07, 6.45) is 3.19. The Morgan fingerprint density at radius 3 is 2.48 bits per heavy atom. The van der Waals surface area contributed by atoms with Crippen molar-refractivity contribution in [2.24, 2.45) is 0 Å². The van der Waals surface area contributed by atoms with E-state index in [1.54, 1.807) is 6.08 Å². The molecule has 6 heteroatoms. The summed E-state index contributed by atoms with van der Waals surface area (Å²) in [5.74, 6) is 0.709. The Hall–Kier alpha value is -3.93. The second-order valence-electron chi connectivity index (χ2n) is 8.06. The van der Waals surface area contributed by atoms with Crippen molar-refractivity contribution >= 4 is 12.0 Å². The van der Waals surface area contributed by atoms with Crippen molar-refractivity contribution in [1.29, 1.82) is 0 Å². The molecule has 0 amide bonds. The Balaban J connectivity index is 1.39. The molecule has 0 atom stereocenters. The summed E-state index contributed by atoms with van der Waals surface area (Å²) in [7, 11) is 0. The minimum absolute atomic E-state index is 0.0516. The molecule has 0 saturated heterocycles. The highest BCUT2D eigenvalue weighted by Crippen LogP contribution is 2.22. The molecule has 0 radical (unpaired) electrons. The van der Waals surface area contributed by atoms with Crippen LogP contribution in [0, 0.1) is 27.7 Å². The minimum atomic E-state index is -0.441. The minimum Gasteiger partial charge on any atom is -0.456 e. The number of nitrogens with zero attached hydrogens (tertiary/aromatic N) is 3. The number of carbonyl (C=O) groups is 1. The monoisotopic (exact) mass is 441 g/mol. The SMILES string of the molecule is Cc1ccc(Cn2nc(C)c(/C=C/C(=O)OCc3nc(-c4ccccc4)oc3C)c2C)cc1. The van der Waals surface area contributed by atoms with Gasteiger partial charge in [0.25, 0.3) is 0 Å². The number of hydrogen-bond donors (Lipinski definition) is 0. The van der Waals surface area contributed by atoms with E-state index in [2.05, 4.69) is 41.3 Å². The zero-order valence-corrected chi connectivity index (χ0v) is 19.3. The molecule has 0 aliphatic carbocycles. The summed E-state index contributed by atoms with van der Waals surface area (Å²) in [4.78, 5) is 16.8. The quantitative estimate of drug-likeness (QED) is 0.277. The predicted molar refractivity (Wildman–Crippen MR) is 127 cm³/mol. The summed E-state index contributed by atoms with van der Waals surface area (Å²) >= 11 is 0. The van der Waals surface area contributed by atoms with Gasteiger partial charge in [0.05, 0.1) is 12.2 Å². The number of carbonyl (C=O) groups excluding carboxylic acids is 1. The Morgan fingerprint density at radius 1 is 1.03 bits per heavy atom. The van der Waals surface area contributed by atoms with E-state index in [9.17, 15) is 4.79 Å². The van der Waals surface area contributed by atoms with Gasteiger partial charge in [-0.05, 0) is 51.5 Å². The van der Waals surface area contributed by atoms with Crippen LogP contribution in [0.15, 0.2) is 65.1 Å². The van der Waals surface area contributed by atoms with Crippen molar-refractivity contribution in [1.82, 2.24) is 14.8 Å². The number of benzene rings is 2. The van der Waals surface area contributed by atoms with E-state index in [0.717, 1.165) is 22.5 Å². The lowest BCUT2D eigenvalue weighted by atomic mass is 10.1. The fourth-order valence-electron chi connectivity index (χ4n) is 3.58. The van der Waals surface area contributed by atoms with Crippen LogP contribution in [0.5, 0.6) is 0 Å². The summed E-state index contributed by atoms with van der Waals surface area (Å²) in [6, 6.07) is 18.0. The number of aromatic nitrogens is 3.